The van der Waals surface area contributed by atoms with Crippen molar-refractivity contribution in [3.05, 3.63) is 29.8 Å². The number of carbonyl (C=O) groups is 2. The molecule has 1 heterocycles. The maximum atomic E-state index is 14.0. The first-order valence-electron chi connectivity index (χ1n) is 9.77. The van der Waals surface area contributed by atoms with Gasteiger partial charge in [0.15, 0.2) is 0 Å². The third kappa shape index (κ3) is 4.64. The van der Waals surface area contributed by atoms with Gasteiger partial charge in [0, 0.05) is 38.7 Å². The van der Waals surface area contributed by atoms with Crippen molar-refractivity contribution in [3.8, 4) is 0 Å². The van der Waals surface area contributed by atoms with Crippen molar-refractivity contribution in [2.45, 2.75) is 45.1 Å². The molecule has 7 heteroatoms. The smallest absolute Gasteiger partial charge is 0.242 e. The van der Waals surface area contributed by atoms with Gasteiger partial charge in [0.05, 0.1) is 11.7 Å². The molecule has 1 saturated heterocycles. The standard InChI is InChI=1S/C20H27F2N3O2/c1-2-18(26)24-9-11-25(12-10-24)19(14-5-3-4-6-14)20(27)23-17-8-7-15(21)13-16(17)22/h7-8,13-14,19H,2-6,9-12H2,1H3,(H,23,27)/t19-/m0/s1. The second kappa shape index (κ2) is 8.78. The van der Waals surface area contributed by atoms with Crippen LogP contribution in [0.25, 0.3) is 0 Å². The predicted molar refractivity (Wildman–Crippen MR) is 99.2 cm³/mol. The van der Waals surface area contributed by atoms with E-state index in [9.17, 15) is 18.4 Å². The second-order valence-electron chi connectivity index (χ2n) is 7.37. The Hall–Kier alpha value is -2.02. The van der Waals surface area contributed by atoms with Crippen molar-refractivity contribution in [3.63, 3.8) is 0 Å². The topological polar surface area (TPSA) is 52.7 Å². The average Bonchev–Trinajstić information content (AvgIpc) is 3.18. The van der Waals surface area contributed by atoms with Crippen LogP contribution in [0.5, 0.6) is 0 Å². The number of benzene rings is 1. The van der Waals surface area contributed by atoms with E-state index >= 15 is 0 Å². The molecule has 2 fully saturated rings. The summed E-state index contributed by atoms with van der Waals surface area (Å²) >= 11 is 0. The molecule has 0 unspecified atom stereocenters. The lowest BCUT2D eigenvalue weighted by Crippen LogP contribution is -2.56. The Labute approximate surface area is 158 Å². The molecule has 0 bridgehead atoms. The van der Waals surface area contributed by atoms with Crippen LogP contribution in [0.1, 0.15) is 39.0 Å². The van der Waals surface area contributed by atoms with E-state index < -0.39 is 11.6 Å². The summed E-state index contributed by atoms with van der Waals surface area (Å²) in [5, 5.41) is 2.65. The number of nitrogens with one attached hydrogen (secondary N) is 1. The molecule has 27 heavy (non-hydrogen) atoms. The van der Waals surface area contributed by atoms with Gasteiger partial charge < -0.3 is 10.2 Å². The van der Waals surface area contributed by atoms with Crippen LogP contribution < -0.4 is 5.32 Å². The van der Waals surface area contributed by atoms with Crippen molar-refractivity contribution in [2.75, 3.05) is 31.5 Å². The monoisotopic (exact) mass is 379 g/mol. The lowest BCUT2D eigenvalue weighted by atomic mass is 9.94. The van der Waals surface area contributed by atoms with Gasteiger partial charge in [-0.2, -0.15) is 0 Å². The van der Waals surface area contributed by atoms with Crippen LogP contribution in [0.3, 0.4) is 0 Å². The van der Waals surface area contributed by atoms with Gasteiger partial charge in [0.2, 0.25) is 11.8 Å². The Morgan fingerprint density at radius 3 is 2.41 bits per heavy atom. The number of rotatable bonds is 5. The van der Waals surface area contributed by atoms with Crippen LogP contribution in [0.2, 0.25) is 0 Å². The number of halogens is 2. The highest BCUT2D eigenvalue weighted by atomic mass is 19.1. The quantitative estimate of drug-likeness (QED) is 0.856. The Morgan fingerprint density at radius 1 is 1.15 bits per heavy atom. The molecule has 3 rings (SSSR count). The lowest BCUT2D eigenvalue weighted by Gasteiger charge is -2.40. The fourth-order valence-electron chi connectivity index (χ4n) is 4.22. The summed E-state index contributed by atoms with van der Waals surface area (Å²) in [4.78, 5) is 28.9. The molecule has 1 aliphatic carbocycles. The molecule has 0 aromatic heterocycles. The van der Waals surface area contributed by atoms with Crippen LogP contribution in [-0.4, -0.2) is 53.8 Å². The lowest BCUT2D eigenvalue weighted by molar-refractivity contribution is -0.134. The van der Waals surface area contributed by atoms with Crippen LogP contribution >= 0.6 is 0 Å². The number of hydrogen-bond acceptors (Lipinski definition) is 3. The van der Waals surface area contributed by atoms with Gasteiger partial charge in [0.25, 0.3) is 0 Å². The average molecular weight is 379 g/mol. The van der Waals surface area contributed by atoms with Crippen LogP contribution in [0.4, 0.5) is 14.5 Å². The Balaban J connectivity index is 1.71. The van der Waals surface area contributed by atoms with E-state index in [4.69, 9.17) is 0 Å². The Bertz CT molecular complexity index is 684. The molecule has 5 nitrogen and oxygen atoms in total. The van der Waals surface area contributed by atoms with E-state index in [1.54, 1.807) is 0 Å². The molecular weight excluding hydrogens is 352 g/mol. The van der Waals surface area contributed by atoms with Gasteiger partial charge in [-0.1, -0.05) is 19.8 Å². The molecular formula is C20H27F2N3O2. The van der Waals surface area contributed by atoms with Crippen molar-refractivity contribution >= 4 is 17.5 Å². The van der Waals surface area contributed by atoms with E-state index in [2.05, 4.69) is 10.2 Å². The summed E-state index contributed by atoms with van der Waals surface area (Å²) in [7, 11) is 0. The molecule has 1 N–H and O–H groups in total. The van der Waals surface area contributed by atoms with Crippen molar-refractivity contribution in [2.24, 2.45) is 5.92 Å². The van der Waals surface area contributed by atoms with Gasteiger partial charge in [-0.05, 0) is 30.9 Å². The van der Waals surface area contributed by atoms with E-state index in [1.165, 1.54) is 6.07 Å². The molecule has 1 saturated carbocycles. The largest absolute Gasteiger partial charge is 0.340 e. The zero-order valence-corrected chi connectivity index (χ0v) is 15.7. The number of nitrogens with zero attached hydrogens (tertiary/aromatic N) is 2. The summed E-state index contributed by atoms with van der Waals surface area (Å²) in [6.07, 6.45) is 4.61. The third-order valence-corrected chi connectivity index (χ3v) is 5.67. The number of carbonyl (C=O) groups excluding carboxylic acids is 2. The normalized spacial score (nSPS) is 19.9. The summed E-state index contributed by atoms with van der Waals surface area (Å²) in [6, 6.07) is 2.82. The summed E-state index contributed by atoms with van der Waals surface area (Å²) in [6.45, 7) is 4.32. The molecule has 0 radical (unpaired) electrons. The third-order valence-electron chi connectivity index (χ3n) is 5.67. The highest BCUT2D eigenvalue weighted by Crippen LogP contribution is 2.32. The van der Waals surface area contributed by atoms with E-state index in [1.807, 2.05) is 11.8 Å². The van der Waals surface area contributed by atoms with Crippen molar-refractivity contribution < 1.29 is 18.4 Å². The first kappa shape index (κ1) is 19.7. The highest BCUT2D eigenvalue weighted by molar-refractivity contribution is 5.95. The van der Waals surface area contributed by atoms with Gasteiger partial charge in [0.1, 0.15) is 11.6 Å². The van der Waals surface area contributed by atoms with Crippen molar-refractivity contribution in [1.29, 1.82) is 0 Å². The zero-order chi connectivity index (χ0) is 19.4. The predicted octanol–water partition coefficient (Wildman–Crippen LogP) is 3.02. The van der Waals surface area contributed by atoms with Crippen LogP contribution in [0, 0.1) is 17.6 Å². The fraction of sp³-hybridized carbons (Fsp3) is 0.600. The fourth-order valence-corrected chi connectivity index (χ4v) is 4.22. The summed E-state index contributed by atoms with van der Waals surface area (Å²) < 4.78 is 27.1. The minimum Gasteiger partial charge on any atom is -0.340 e. The Kier molecular flexibility index (Phi) is 6.42. The van der Waals surface area contributed by atoms with Gasteiger partial charge in [-0.15, -0.1) is 0 Å². The van der Waals surface area contributed by atoms with Gasteiger partial charge in [-0.25, -0.2) is 8.78 Å². The van der Waals surface area contributed by atoms with Crippen LogP contribution in [0.15, 0.2) is 18.2 Å². The molecule has 0 spiro atoms. The molecule has 1 aromatic carbocycles. The highest BCUT2D eigenvalue weighted by Gasteiger charge is 2.37. The summed E-state index contributed by atoms with van der Waals surface area (Å²) in [5.74, 6) is -1.34. The molecule has 2 aliphatic rings. The van der Waals surface area contributed by atoms with Gasteiger partial charge >= 0.3 is 0 Å². The van der Waals surface area contributed by atoms with Gasteiger partial charge in [-0.3, -0.25) is 14.5 Å². The molecule has 1 aliphatic heterocycles. The second-order valence-corrected chi connectivity index (χ2v) is 7.37. The molecule has 148 valence electrons. The SMILES string of the molecule is CCC(=O)N1CCN([C@H](C(=O)Nc2ccc(F)cc2F)C2CCCC2)CC1. The Morgan fingerprint density at radius 2 is 1.81 bits per heavy atom. The number of piperazine rings is 1. The molecule has 1 atom stereocenters. The molecule has 1 aromatic rings. The minimum absolute atomic E-state index is 0.00388. The maximum Gasteiger partial charge on any atom is 0.242 e. The van der Waals surface area contributed by atoms with E-state index in [-0.39, 0.29) is 29.5 Å². The first-order valence-corrected chi connectivity index (χ1v) is 9.77. The number of hydrogen-bond donors (Lipinski definition) is 1. The van der Waals surface area contributed by atoms with E-state index in [0.717, 1.165) is 37.8 Å². The summed E-state index contributed by atoms with van der Waals surface area (Å²) in [5.41, 5.74) is 0.00388. The zero-order valence-electron chi connectivity index (χ0n) is 15.7. The number of anilines is 1. The van der Waals surface area contributed by atoms with Crippen molar-refractivity contribution in [1.82, 2.24) is 9.80 Å². The molecule has 2 amide bonds. The minimum atomic E-state index is -0.771. The van der Waals surface area contributed by atoms with Crippen LogP contribution in [-0.2, 0) is 9.59 Å². The first-order chi connectivity index (χ1) is 13.0. The maximum absolute atomic E-state index is 14.0. The van der Waals surface area contributed by atoms with E-state index in [0.29, 0.717) is 32.6 Å². The number of amides is 2.